The van der Waals surface area contributed by atoms with Gasteiger partial charge in [0, 0.05) is 6.42 Å². The van der Waals surface area contributed by atoms with Gasteiger partial charge in [-0.2, -0.15) is 11.8 Å². The van der Waals surface area contributed by atoms with E-state index in [9.17, 15) is 4.79 Å². The zero-order valence-corrected chi connectivity index (χ0v) is 9.56. The maximum Gasteiger partial charge on any atom is 0.147 e. The summed E-state index contributed by atoms with van der Waals surface area (Å²) in [6, 6.07) is 8.30. The van der Waals surface area contributed by atoms with Crippen LogP contribution in [0.3, 0.4) is 0 Å². The topological polar surface area (TPSA) is 17.1 Å². The van der Waals surface area contributed by atoms with Gasteiger partial charge in [-0.25, -0.2) is 0 Å². The Morgan fingerprint density at radius 1 is 1.21 bits per heavy atom. The minimum atomic E-state index is 0.307. The van der Waals surface area contributed by atoms with E-state index in [1.165, 1.54) is 5.56 Å². The maximum absolute atomic E-state index is 11.3. The molecule has 0 aliphatic rings. The normalized spacial score (nSPS) is 10.1. The zero-order chi connectivity index (χ0) is 10.4. The molecule has 0 aliphatic heterocycles. The van der Waals surface area contributed by atoms with Crippen molar-refractivity contribution in [3.05, 3.63) is 35.4 Å². The predicted molar refractivity (Wildman–Crippen MR) is 62.9 cm³/mol. The number of thioether (sulfide) groups is 1. The molecule has 0 aromatic heterocycles. The smallest absolute Gasteiger partial charge is 0.147 e. The molecule has 0 N–H and O–H groups in total. The van der Waals surface area contributed by atoms with E-state index in [0.29, 0.717) is 18.0 Å². The van der Waals surface area contributed by atoms with Crippen LogP contribution in [-0.2, 0) is 17.6 Å². The lowest BCUT2D eigenvalue weighted by Crippen LogP contribution is -2.05. The van der Waals surface area contributed by atoms with Gasteiger partial charge >= 0.3 is 0 Å². The minimum absolute atomic E-state index is 0.307. The molecule has 0 unspecified atom stereocenters. The summed E-state index contributed by atoms with van der Waals surface area (Å²) < 4.78 is 0. The number of carbonyl (C=O) groups is 1. The van der Waals surface area contributed by atoms with Gasteiger partial charge in [0.2, 0.25) is 0 Å². The Labute approximate surface area is 89.9 Å². The predicted octanol–water partition coefficient (Wildman–Crippen LogP) is 2.72. The fraction of sp³-hybridized carbons (Fsp3) is 0.417. The summed E-state index contributed by atoms with van der Waals surface area (Å²) in [5.74, 6) is 0.928. The average Bonchev–Trinajstić information content (AvgIpc) is 2.19. The number of Topliss-reactive ketones (excluding diaryl/α,β-unsaturated/α-hetero) is 1. The standard InChI is InChI=1S/C12H16OS/c1-3-10-4-6-11(7-5-10)8-12(13)9-14-2/h4-7H,3,8-9H2,1-2H3. The molecule has 76 valence electrons. The Morgan fingerprint density at radius 2 is 1.79 bits per heavy atom. The van der Waals surface area contributed by atoms with Crippen molar-refractivity contribution in [3.8, 4) is 0 Å². The number of rotatable bonds is 5. The lowest BCUT2D eigenvalue weighted by molar-refractivity contribution is -0.115. The molecule has 0 bridgehead atoms. The third-order valence-electron chi connectivity index (χ3n) is 2.14. The van der Waals surface area contributed by atoms with Crippen LogP contribution >= 0.6 is 11.8 Å². The van der Waals surface area contributed by atoms with E-state index < -0.39 is 0 Å². The van der Waals surface area contributed by atoms with Crippen LogP contribution in [0, 0.1) is 0 Å². The lowest BCUT2D eigenvalue weighted by Gasteiger charge is -2.01. The number of benzene rings is 1. The molecule has 0 saturated carbocycles. The van der Waals surface area contributed by atoms with E-state index in [2.05, 4.69) is 31.2 Å². The van der Waals surface area contributed by atoms with Crippen molar-refractivity contribution in [1.82, 2.24) is 0 Å². The van der Waals surface area contributed by atoms with Crippen LogP contribution in [0.2, 0.25) is 0 Å². The molecule has 1 nitrogen and oxygen atoms in total. The molecule has 1 aromatic rings. The zero-order valence-electron chi connectivity index (χ0n) is 8.75. The number of hydrogen-bond acceptors (Lipinski definition) is 2. The molecule has 1 aromatic carbocycles. The molecule has 0 spiro atoms. The largest absolute Gasteiger partial charge is 0.298 e. The first-order chi connectivity index (χ1) is 6.76. The van der Waals surface area contributed by atoms with Gasteiger partial charge in [-0.1, -0.05) is 31.2 Å². The molecule has 2 heteroatoms. The van der Waals surface area contributed by atoms with Crippen LogP contribution in [0.25, 0.3) is 0 Å². The SMILES string of the molecule is CCc1ccc(CC(=O)CSC)cc1. The van der Waals surface area contributed by atoms with Crippen LogP contribution in [0.5, 0.6) is 0 Å². The fourth-order valence-corrected chi connectivity index (χ4v) is 1.76. The van der Waals surface area contributed by atoms with Crippen molar-refractivity contribution < 1.29 is 4.79 Å². The van der Waals surface area contributed by atoms with E-state index in [4.69, 9.17) is 0 Å². The van der Waals surface area contributed by atoms with Crippen LogP contribution < -0.4 is 0 Å². The molecular formula is C12H16OS. The van der Waals surface area contributed by atoms with Gasteiger partial charge in [0.15, 0.2) is 0 Å². The van der Waals surface area contributed by atoms with Crippen molar-refractivity contribution in [2.75, 3.05) is 12.0 Å². The average molecular weight is 208 g/mol. The molecule has 1 rings (SSSR count). The monoisotopic (exact) mass is 208 g/mol. The second-order valence-corrected chi connectivity index (χ2v) is 4.18. The summed E-state index contributed by atoms with van der Waals surface area (Å²) in [5.41, 5.74) is 2.45. The van der Waals surface area contributed by atoms with E-state index >= 15 is 0 Å². The number of carbonyl (C=O) groups excluding carboxylic acids is 1. The molecule has 0 fully saturated rings. The molecule has 14 heavy (non-hydrogen) atoms. The Balaban J connectivity index is 2.55. The molecule has 0 amide bonds. The Morgan fingerprint density at radius 3 is 2.29 bits per heavy atom. The van der Waals surface area contributed by atoms with Crippen LogP contribution in [-0.4, -0.2) is 17.8 Å². The molecule has 0 heterocycles. The second-order valence-electron chi connectivity index (χ2n) is 3.32. The van der Waals surface area contributed by atoms with Crippen molar-refractivity contribution in [1.29, 1.82) is 0 Å². The summed E-state index contributed by atoms with van der Waals surface area (Å²) in [6.07, 6.45) is 3.59. The third-order valence-corrected chi connectivity index (χ3v) is 2.75. The van der Waals surface area contributed by atoms with Gasteiger partial charge in [0.1, 0.15) is 5.78 Å². The van der Waals surface area contributed by atoms with Crippen molar-refractivity contribution in [2.24, 2.45) is 0 Å². The Hall–Kier alpha value is -0.760. The highest BCUT2D eigenvalue weighted by Gasteiger charge is 2.02. The summed E-state index contributed by atoms with van der Waals surface area (Å²) in [6.45, 7) is 2.13. The second kappa shape index (κ2) is 5.86. The van der Waals surface area contributed by atoms with Crippen molar-refractivity contribution in [3.63, 3.8) is 0 Å². The van der Waals surface area contributed by atoms with E-state index in [1.54, 1.807) is 11.8 Å². The van der Waals surface area contributed by atoms with Gasteiger partial charge in [-0.3, -0.25) is 4.79 Å². The quantitative estimate of drug-likeness (QED) is 0.740. The highest BCUT2D eigenvalue weighted by molar-refractivity contribution is 7.99. The Bertz CT molecular complexity index is 290. The Kier molecular flexibility index (Phi) is 4.74. The molecular weight excluding hydrogens is 192 g/mol. The first kappa shape index (κ1) is 11.3. The number of aryl methyl sites for hydroxylation is 1. The minimum Gasteiger partial charge on any atom is -0.298 e. The van der Waals surface area contributed by atoms with Gasteiger partial charge in [0.25, 0.3) is 0 Å². The highest BCUT2D eigenvalue weighted by Crippen LogP contribution is 2.07. The summed E-state index contributed by atoms with van der Waals surface area (Å²) >= 11 is 1.59. The number of hydrogen-bond donors (Lipinski definition) is 0. The van der Waals surface area contributed by atoms with Gasteiger partial charge in [-0.15, -0.1) is 0 Å². The molecule has 0 aliphatic carbocycles. The van der Waals surface area contributed by atoms with Crippen molar-refractivity contribution >= 4 is 17.5 Å². The van der Waals surface area contributed by atoms with Crippen LogP contribution in [0.15, 0.2) is 24.3 Å². The highest BCUT2D eigenvalue weighted by atomic mass is 32.2. The first-order valence-corrected chi connectivity index (χ1v) is 6.24. The van der Waals surface area contributed by atoms with Crippen molar-refractivity contribution in [2.45, 2.75) is 19.8 Å². The van der Waals surface area contributed by atoms with E-state index in [1.807, 2.05) is 6.26 Å². The fourth-order valence-electron chi connectivity index (χ4n) is 1.33. The van der Waals surface area contributed by atoms with E-state index in [-0.39, 0.29) is 0 Å². The molecule has 0 atom stereocenters. The van der Waals surface area contributed by atoms with Crippen LogP contribution in [0.4, 0.5) is 0 Å². The molecule has 0 saturated heterocycles. The maximum atomic E-state index is 11.3. The summed E-state index contributed by atoms with van der Waals surface area (Å²) in [4.78, 5) is 11.3. The van der Waals surface area contributed by atoms with Crippen LogP contribution in [0.1, 0.15) is 18.1 Å². The lowest BCUT2D eigenvalue weighted by atomic mass is 10.1. The third kappa shape index (κ3) is 3.54. The van der Waals surface area contributed by atoms with Gasteiger partial charge in [-0.05, 0) is 23.8 Å². The van der Waals surface area contributed by atoms with E-state index in [0.717, 1.165) is 12.0 Å². The van der Waals surface area contributed by atoms with Gasteiger partial charge in [0.05, 0.1) is 5.75 Å². The molecule has 0 radical (unpaired) electrons. The summed E-state index contributed by atoms with van der Waals surface area (Å²) in [7, 11) is 0. The summed E-state index contributed by atoms with van der Waals surface area (Å²) in [5, 5.41) is 0. The van der Waals surface area contributed by atoms with Gasteiger partial charge < -0.3 is 0 Å². The first-order valence-electron chi connectivity index (χ1n) is 4.84. The number of ketones is 1.